The second-order valence-electron chi connectivity index (χ2n) is 4.54. The van der Waals surface area contributed by atoms with Crippen molar-refractivity contribution in [1.29, 1.82) is 0 Å². The summed E-state index contributed by atoms with van der Waals surface area (Å²) in [5.41, 5.74) is 2.25. The van der Waals surface area contributed by atoms with E-state index < -0.39 is 0 Å². The highest BCUT2D eigenvalue weighted by Crippen LogP contribution is 2.43. The molecule has 108 valence electrons. The topological polar surface area (TPSA) is 66.8 Å². The summed E-state index contributed by atoms with van der Waals surface area (Å²) < 4.78 is 5.26. The Kier molecular flexibility index (Phi) is 4.28. The third-order valence-electron chi connectivity index (χ3n) is 3.22. The van der Waals surface area contributed by atoms with Crippen LogP contribution in [0.5, 0.6) is 17.2 Å². The molecule has 4 heteroatoms. The molecule has 0 bridgehead atoms. The molecule has 2 rings (SSSR count). The van der Waals surface area contributed by atoms with Gasteiger partial charge in [-0.3, -0.25) is 4.79 Å². The minimum absolute atomic E-state index is 0.00909. The van der Waals surface area contributed by atoms with Crippen LogP contribution >= 0.6 is 0 Å². The highest BCUT2D eigenvalue weighted by Gasteiger charge is 2.18. The fourth-order valence-electron chi connectivity index (χ4n) is 2.27. The highest BCUT2D eigenvalue weighted by atomic mass is 16.5. The monoisotopic (exact) mass is 284 g/mol. The number of carbonyl (C=O) groups excluding carboxylic acids is 1. The van der Waals surface area contributed by atoms with Gasteiger partial charge in [-0.05, 0) is 36.2 Å². The van der Waals surface area contributed by atoms with E-state index in [0.29, 0.717) is 29.4 Å². The van der Waals surface area contributed by atoms with E-state index >= 15 is 0 Å². The fraction of sp³-hybridized carbons (Fsp3) is 0.118. The van der Waals surface area contributed by atoms with Gasteiger partial charge >= 0.3 is 0 Å². The lowest BCUT2D eigenvalue weighted by Crippen LogP contribution is -1.96. The number of rotatable bonds is 5. The second-order valence-corrected chi connectivity index (χ2v) is 4.54. The molecule has 0 heterocycles. The van der Waals surface area contributed by atoms with Crippen LogP contribution in [-0.4, -0.2) is 23.6 Å². The third-order valence-corrected chi connectivity index (χ3v) is 3.22. The predicted molar refractivity (Wildman–Crippen MR) is 81.0 cm³/mol. The van der Waals surface area contributed by atoms with Crippen LogP contribution in [0.2, 0.25) is 0 Å². The molecule has 2 N–H and O–H groups in total. The molecule has 0 aliphatic carbocycles. The molecule has 0 aliphatic heterocycles. The quantitative estimate of drug-likeness (QED) is 0.653. The standard InChI is InChI=1S/C17H16O4/c1-3-4-12-6-8-15(20)17(21-2)16(12)13-9-11(10-18)5-7-14(13)19/h3,5-10,19-20H,1,4H2,2H3. The number of hydrogen-bond acceptors (Lipinski definition) is 4. The van der Waals surface area contributed by atoms with E-state index in [1.807, 2.05) is 0 Å². The largest absolute Gasteiger partial charge is 0.507 e. The first-order valence-electron chi connectivity index (χ1n) is 6.40. The molecule has 0 amide bonds. The molecule has 0 saturated heterocycles. The Balaban J connectivity index is 2.79. The van der Waals surface area contributed by atoms with Crippen LogP contribution < -0.4 is 4.74 Å². The first kappa shape index (κ1) is 14.7. The number of methoxy groups -OCH3 is 1. The first-order chi connectivity index (χ1) is 10.1. The van der Waals surface area contributed by atoms with Crippen LogP contribution in [0.4, 0.5) is 0 Å². The molecule has 0 saturated carbocycles. The highest BCUT2D eigenvalue weighted by molar-refractivity contribution is 5.86. The predicted octanol–water partition coefficient (Wildman–Crippen LogP) is 3.31. The Bertz CT molecular complexity index is 689. The molecule has 21 heavy (non-hydrogen) atoms. The summed E-state index contributed by atoms with van der Waals surface area (Å²) in [7, 11) is 1.44. The van der Waals surface area contributed by atoms with Gasteiger partial charge in [-0.1, -0.05) is 12.1 Å². The van der Waals surface area contributed by atoms with E-state index in [1.54, 1.807) is 18.2 Å². The molecular weight excluding hydrogens is 268 g/mol. The van der Waals surface area contributed by atoms with E-state index in [2.05, 4.69) is 6.58 Å². The zero-order chi connectivity index (χ0) is 15.4. The maximum absolute atomic E-state index is 11.0. The van der Waals surface area contributed by atoms with Crippen molar-refractivity contribution in [2.45, 2.75) is 6.42 Å². The molecular formula is C17H16O4. The molecule has 4 nitrogen and oxygen atoms in total. The van der Waals surface area contributed by atoms with Gasteiger partial charge in [0.2, 0.25) is 0 Å². The molecule has 0 fully saturated rings. The van der Waals surface area contributed by atoms with Crippen molar-refractivity contribution >= 4 is 6.29 Å². The number of hydrogen-bond donors (Lipinski definition) is 2. The van der Waals surface area contributed by atoms with Gasteiger partial charge in [-0.2, -0.15) is 0 Å². The van der Waals surface area contributed by atoms with Gasteiger partial charge in [-0.25, -0.2) is 0 Å². The Labute approximate surface area is 122 Å². The lowest BCUT2D eigenvalue weighted by molar-refractivity contribution is 0.112. The number of aldehydes is 1. The van der Waals surface area contributed by atoms with Crippen molar-refractivity contribution in [3.63, 3.8) is 0 Å². The molecule has 2 aromatic rings. The molecule has 0 aromatic heterocycles. The van der Waals surface area contributed by atoms with Crippen molar-refractivity contribution in [2.75, 3.05) is 7.11 Å². The number of benzene rings is 2. The summed E-state index contributed by atoms with van der Waals surface area (Å²) in [5.74, 6) is 0.235. The van der Waals surface area contributed by atoms with Crippen LogP contribution in [0.25, 0.3) is 11.1 Å². The van der Waals surface area contributed by atoms with Gasteiger partial charge in [0, 0.05) is 16.7 Å². The molecule has 0 spiro atoms. The lowest BCUT2D eigenvalue weighted by Gasteiger charge is -2.16. The summed E-state index contributed by atoms with van der Waals surface area (Å²) >= 11 is 0. The van der Waals surface area contributed by atoms with Gasteiger partial charge in [0.15, 0.2) is 11.5 Å². The van der Waals surface area contributed by atoms with E-state index in [0.717, 1.165) is 5.56 Å². The van der Waals surface area contributed by atoms with Crippen molar-refractivity contribution in [1.82, 2.24) is 0 Å². The van der Waals surface area contributed by atoms with Gasteiger partial charge in [0.1, 0.15) is 12.0 Å². The number of phenols is 2. The molecule has 2 aromatic carbocycles. The van der Waals surface area contributed by atoms with Gasteiger partial charge in [-0.15, -0.1) is 6.58 Å². The van der Waals surface area contributed by atoms with Crippen molar-refractivity contribution in [3.05, 3.63) is 54.1 Å². The minimum Gasteiger partial charge on any atom is -0.507 e. The minimum atomic E-state index is -0.0313. The van der Waals surface area contributed by atoms with Crippen LogP contribution in [0.15, 0.2) is 43.0 Å². The summed E-state index contributed by atoms with van der Waals surface area (Å²) in [6.45, 7) is 3.70. The van der Waals surface area contributed by atoms with Gasteiger partial charge < -0.3 is 14.9 Å². The van der Waals surface area contributed by atoms with Crippen LogP contribution in [0.1, 0.15) is 15.9 Å². The summed E-state index contributed by atoms with van der Waals surface area (Å²) in [5, 5.41) is 20.1. The number of ether oxygens (including phenoxy) is 1. The van der Waals surface area contributed by atoms with Gasteiger partial charge in [0.05, 0.1) is 7.11 Å². The Hall–Kier alpha value is -2.75. The maximum Gasteiger partial charge on any atom is 0.168 e. The summed E-state index contributed by atoms with van der Waals surface area (Å²) in [6, 6.07) is 7.80. The van der Waals surface area contributed by atoms with Crippen LogP contribution in [-0.2, 0) is 6.42 Å². The number of carbonyl (C=O) groups is 1. The Morgan fingerprint density at radius 3 is 2.52 bits per heavy atom. The van der Waals surface area contributed by atoms with Gasteiger partial charge in [0.25, 0.3) is 0 Å². The zero-order valence-electron chi connectivity index (χ0n) is 11.7. The lowest BCUT2D eigenvalue weighted by atomic mass is 9.94. The Morgan fingerprint density at radius 1 is 1.19 bits per heavy atom. The van der Waals surface area contributed by atoms with Crippen molar-refractivity contribution in [2.24, 2.45) is 0 Å². The number of allylic oxidation sites excluding steroid dienone is 1. The molecule has 0 atom stereocenters. The average molecular weight is 284 g/mol. The zero-order valence-corrected chi connectivity index (χ0v) is 11.7. The summed E-state index contributed by atoms with van der Waals surface area (Å²) in [6.07, 6.45) is 2.96. The first-order valence-corrected chi connectivity index (χ1v) is 6.40. The van der Waals surface area contributed by atoms with Crippen molar-refractivity contribution < 1.29 is 19.7 Å². The molecule has 0 radical (unpaired) electrons. The van der Waals surface area contributed by atoms with E-state index in [1.165, 1.54) is 25.3 Å². The second kappa shape index (κ2) is 6.13. The van der Waals surface area contributed by atoms with Crippen LogP contribution in [0.3, 0.4) is 0 Å². The molecule has 0 unspecified atom stereocenters. The maximum atomic E-state index is 11.0. The average Bonchev–Trinajstić information content (AvgIpc) is 2.49. The third kappa shape index (κ3) is 2.74. The van der Waals surface area contributed by atoms with E-state index in [4.69, 9.17) is 4.74 Å². The van der Waals surface area contributed by atoms with Crippen LogP contribution in [0, 0.1) is 0 Å². The fourth-order valence-corrected chi connectivity index (χ4v) is 2.27. The smallest absolute Gasteiger partial charge is 0.168 e. The van der Waals surface area contributed by atoms with E-state index in [-0.39, 0.29) is 17.2 Å². The van der Waals surface area contributed by atoms with E-state index in [9.17, 15) is 15.0 Å². The Morgan fingerprint density at radius 2 is 1.90 bits per heavy atom. The van der Waals surface area contributed by atoms with Crippen molar-refractivity contribution in [3.8, 4) is 28.4 Å². The molecule has 0 aliphatic rings. The number of phenolic OH excluding ortho intramolecular Hbond substituents is 2. The summed E-state index contributed by atoms with van der Waals surface area (Å²) in [4.78, 5) is 11.0. The number of aromatic hydroxyl groups is 2. The SMILES string of the molecule is C=CCc1ccc(O)c(OC)c1-c1cc(C=O)ccc1O. The normalized spacial score (nSPS) is 10.1.